The number of amides is 1. The topological polar surface area (TPSA) is 192 Å². The van der Waals surface area contributed by atoms with Crippen molar-refractivity contribution in [2.75, 3.05) is 12.5 Å². The van der Waals surface area contributed by atoms with Gasteiger partial charge in [-0.1, -0.05) is 46.7 Å². The maximum absolute atomic E-state index is 13.8. The molecule has 2 unspecified atom stereocenters. The molecule has 0 bridgehead atoms. The van der Waals surface area contributed by atoms with Crippen LogP contribution in [0.4, 0.5) is 35.1 Å². The second kappa shape index (κ2) is 17.6. The molecule has 0 saturated heterocycles. The van der Waals surface area contributed by atoms with Crippen molar-refractivity contribution in [3.8, 4) is 28.5 Å². The highest BCUT2D eigenvalue weighted by molar-refractivity contribution is 7.93. The van der Waals surface area contributed by atoms with E-state index in [9.17, 15) is 53.1 Å². The van der Waals surface area contributed by atoms with Gasteiger partial charge in [0.2, 0.25) is 11.6 Å². The molecule has 2 atom stereocenters. The number of halogens is 8. The van der Waals surface area contributed by atoms with E-state index in [1.54, 1.807) is 6.07 Å². The van der Waals surface area contributed by atoms with E-state index in [0.29, 0.717) is 5.56 Å². The van der Waals surface area contributed by atoms with Crippen molar-refractivity contribution < 1.29 is 66.9 Å². The number of benzene rings is 4. The second-order valence-electron chi connectivity index (χ2n) is 11.1. The number of carbonyl (C=O) groups excluding carboxylic acids is 2. The van der Waals surface area contributed by atoms with Crippen molar-refractivity contribution in [2.45, 2.75) is 22.1 Å². The lowest BCUT2D eigenvalue weighted by Gasteiger charge is -2.05. The lowest BCUT2D eigenvalue weighted by Crippen LogP contribution is -2.06. The Hall–Kier alpha value is -6.36. The number of carbonyl (C=O) groups is 2. The zero-order chi connectivity index (χ0) is 42.2. The van der Waals surface area contributed by atoms with Crippen LogP contribution in [0.2, 0.25) is 0 Å². The molecule has 300 valence electrons. The predicted molar refractivity (Wildman–Crippen MR) is 183 cm³/mol. The van der Waals surface area contributed by atoms with Gasteiger partial charge < -0.3 is 13.8 Å². The normalized spacial score (nSPS) is 13.4. The van der Waals surface area contributed by atoms with Crippen molar-refractivity contribution in [2.24, 2.45) is 4.36 Å². The molecule has 57 heavy (non-hydrogen) atoms. The molecule has 2 heterocycles. The van der Waals surface area contributed by atoms with Gasteiger partial charge in [-0.15, -0.1) is 0 Å². The molecule has 6 aromatic rings. The number of ether oxygens (including phenoxy) is 1. The average Bonchev–Trinajstić information content (AvgIpc) is 3.85. The molecule has 0 radical (unpaired) electrons. The summed E-state index contributed by atoms with van der Waals surface area (Å²) < 4.78 is 148. The van der Waals surface area contributed by atoms with Crippen molar-refractivity contribution in [3.63, 3.8) is 0 Å². The molecule has 13 nitrogen and oxygen atoms in total. The van der Waals surface area contributed by atoms with E-state index >= 15 is 0 Å². The van der Waals surface area contributed by atoms with Crippen molar-refractivity contribution in [1.82, 2.24) is 20.3 Å². The predicted octanol–water partition coefficient (Wildman–Crippen LogP) is 8.34. The smallest absolute Gasteiger partial charge is 0.429 e. The van der Waals surface area contributed by atoms with Crippen molar-refractivity contribution in [3.05, 3.63) is 126 Å². The Labute approximate surface area is 316 Å². The monoisotopic (exact) mass is 844 g/mol. The van der Waals surface area contributed by atoms with Gasteiger partial charge in [0.05, 0.1) is 29.2 Å². The van der Waals surface area contributed by atoms with Crippen LogP contribution in [0.5, 0.6) is 5.75 Å². The minimum atomic E-state index is -4.77. The molecular formula is C34H24F8N6O7S2. The number of nitrogens with one attached hydrogen (secondary N) is 1. The fourth-order valence-corrected chi connectivity index (χ4v) is 6.24. The average molecular weight is 845 g/mol. The van der Waals surface area contributed by atoms with Crippen molar-refractivity contribution in [1.29, 1.82) is 4.78 Å². The Kier molecular flexibility index (Phi) is 13.4. The summed E-state index contributed by atoms with van der Waals surface area (Å²) >= 11 is 0. The number of hydrogen-bond acceptors (Lipinski definition) is 12. The summed E-state index contributed by atoms with van der Waals surface area (Å²) in [6.07, 6.45) is -7.11. The molecule has 0 aliphatic carbocycles. The van der Waals surface area contributed by atoms with Crippen LogP contribution in [0.25, 0.3) is 22.8 Å². The molecule has 0 spiro atoms. The lowest BCUT2D eigenvalue weighted by atomic mass is 10.1. The largest absolute Gasteiger partial charge is 0.471 e. The van der Waals surface area contributed by atoms with E-state index < -0.39 is 61.1 Å². The third-order valence-corrected chi connectivity index (χ3v) is 9.61. The number of rotatable bonds is 7. The summed E-state index contributed by atoms with van der Waals surface area (Å²) in [7, 11) is -6.24. The standard InChI is InChI=1S/C17H11F4N3O3S.C10H5F3N2O3.C7H8FNOS/c1-28(26,13-5-3-2-4-12(13)18)24-15(25)11-8-6-10(7-9-11)14-22-16(27-23-14)17(19,20)21;11-10(12,13)9-14-8(15-18-9)6-1-3-7(4-2-6)17-5-16;1-11(9,10)7-5-3-2-4-6(7)8/h2-9H,1H3;1-5H;2-5,9H,1H3. The maximum Gasteiger partial charge on any atom is 0.471 e. The van der Waals surface area contributed by atoms with Gasteiger partial charge in [-0.3, -0.25) is 9.59 Å². The van der Waals surface area contributed by atoms with Gasteiger partial charge in [0.25, 0.3) is 12.4 Å². The summed E-state index contributed by atoms with van der Waals surface area (Å²) in [4.78, 5) is 28.5. The lowest BCUT2D eigenvalue weighted by molar-refractivity contribution is -0.160. The number of hydrogen-bond donors (Lipinski definition) is 1. The van der Waals surface area contributed by atoms with Crippen LogP contribution in [0.3, 0.4) is 0 Å². The minimum Gasteiger partial charge on any atom is -0.429 e. The van der Waals surface area contributed by atoms with Crippen LogP contribution in [0.15, 0.2) is 120 Å². The van der Waals surface area contributed by atoms with Crippen LogP contribution >= 0.6 is 0 Å². The summed E-state index contributed by atoms with van der Waals surface area (Å²) in [5, 5.41) is 6.45. The summed E-state index contributed by atoms with van der Waals surface area (Å²) in [5.74, 6) is -5.35. The Morgan fingerprint density at radius 2 is 1.12 bits per heavy atom. The van der Waals surface area contributed by atoms with Crippen molar-refractivity contribution >= 4 is 31.8 Å². The van der Waals surface area contributed by atoms with Crippen LogP contribution in [0, 0.1) is 16.4 Å². The van der Waals surface area contributed by atoms with Crippen LogP contribution in [-0.4, -0.2) is 53.6 Å². The first-order valence-corrected chi connectivity index (χ1v) is 19.1. The highest BCUT2D eigenvalue weighted by atomic mass is 32.2. The Morgan fingerprint density at radius 3 is 1.49 bits per heavy atom. The molecule has 0 fully saturated rings. The zero-order valence-electron chi connectivity index (χ0n) is 28.7. The molecule has 2 aromatic heterocycles. The van der Waals surface area contributed by atoms with Gasteiger partial charge in [0, 0.05) is 29.2 Å². The first kappa shape index (κ1) is 43.4. The fraction of sp³-hybridized carbons (Fsp3) is 0.118. The number of alkyl halides is 6. The van der Waals surface area contributed by atoms with Gasteiger partial charge >= 0.3 is 24.1 Å². The number of aromatic nitrogens is 4. The third-order valence-electron chi connectivity index (χ3n) is 6.78. The second-order valence-corrected chi connectivity index (χ2v) is 15.4. The van der Waals surface area contributed by atoms with Gasteiger partial charge in [-0.25, -0.2) is 22.0 Å². The van der Waals surface area contributed by atoms with Gasteiger partial charge in [-0.2, -0.15) is 40.7 Å². The molecule has 4 aromatic carbocycles. The summed E-state index contributed by atoms with van der Waals surface area (Å²) in [6.45, 7) is 0.241. The number of nitrogens with zero attached hydrogens (tertiary/aromatic N) is 5. The Bertz CT molecular complexity index is 2590. The quantitative estimate of drug-likeness (QED) is 0.120. The maximum atomic E-state index is 13.8. The third kappa shape index (κ3) is 11.8. The molecule has 1 amide bonds. The van der Waals surface area contributed by atoms with Crippen LogP contribution < -0.4 is 4.74 Å². The van der Waals surface area contributed by atoms with Crippen LogP contribution in [0.1, 0.15) is 22.1 Å². The Morgan fingerprint density at radius 1 is 0.702 bits per heavy atom. The molecule has 0 aliphatic heterocycles. The molecular weight excluding hydrogens is 821 g/mol. The van der Waals surface area contributed by atoms with E-state index in [4.69, 9.17) is 4.78 Å². The van der Waals surface area contributed by atoms with Crippen LogP contribution in [-0.2, 0) is 36.6 Å². The van der Waals surface area contributed by atoms with E-state index in [1.165, 1.54) is 91.2 Å². The molecule has 23 heteroatoms. The van der Waals surface area contributed by atoms with E-state index in [2.05, 4.69) is 38.4 Å². The van der Waals surface area contributed by atoms with E-state index in [-0.39, 0.29) is 44.8 Å². The van der Waals surface area contributed by atoms with Gasteiger partial charge in [0.15, 0.2) is 0 Å². The fourth-order valence-electron chi connectivity index (χ4n) is 4.18. The first-order valence-electron chi connectivity index (χ1n) is 15.2. The zero-order valence-corrected chi connectivity index (χ0v) is 30.4. The first-order chi connectivity index (χ1) is 26.6. The van der Waals surface area contributed by atoms with Gasteiger partial charge in [-0.05, 0) is 60.7 Å². The molecule has 6 rings (SSSR count). The summed E-state index contributed by atoms with van der Waals surface area (Å²) in [5.41, 5.74) is 0.490. The molecule has 0 aliphatic rings. The molecule has 1 N–H and O–H groups in total. The highest BCUT2D eigenvalue weighted by Crippen LogP contribution is 2.31. The Balaban J connectivity index is 0.000000211. The molecule has 0 saturated carbocycles. The highest BCUT2D eigenvalue weighted by Gasteiger charge is 2.39. The summed E-state index contributed by atoms with van der Waals surface area (Å²) in [6, 6.07) is 21.6. The SMILES string of the molecule is CS(=N)(=O)c1ccccc1F.CS(=O)(=NC(=O)c1ccc(-c2noc(C(F)(F)F)n2)cc1)c1ccccc1F.O=COc1ccc(-c2noc(C(F)(F)F)n2)cc1. The minimum absolute atomic E-state index is 0.00852. The van der Waals surface area contributed by atoms with Gasteiger partial charge in [0.1, 0.15) is 17.4 Å². The van der Waals surface area contributed by atoms with E-state index in [0.717, 1.165) is 12.3 Å². The van der Waals surface area contributed by atoms with E-state index in [1.807, 2.05) is 0 Å².